The van der Waals surface area contributed by atoms with Gasteiger partial charge in [0.25, 0.3) is 5.91 Å². The summed E-state index contributed by atoms with van der Waals surface area (Å²) in [5, 5.41) is 12.2. The zero-order valence-electron chi connectivity index (χ0n) is 29.6. The molecule has 1 spiro atoms. The molecule has 1 unspecified atom stereocenters. The van der Waals surface area contributed by atoms with Crippen molar-refractivity contribution in [2.45, 2.75) is 87.5 Å². The molecule has 51 heavy (non-hydrogen) atoms. The average molecular weight is 765 g/mol. The maximum absolute atomic E-state index is 15.0. The van der Waals surface area contributed by atoms with E-state index in [0.29, 0.717) is 37.8 Å². The van der Waals surface area contributed by atoms with E-state index in [4.69, 9.17) is 9.47 Å². The molecule has 2 aromatic carbocycles. The monoisotopic (exact) mass is 763 g/mol. The standard InChI is InChI=1S/C40H50BrN3O7/c1-5-7-20-31(46)42-25-30(28-18-11-10-12-19-28)50-39(49)32-33-37(47)44(22-13-8-9-14-23-45)36(40(33)24-29(41)35(32)51-40)38(48)43(21-6-2)34-26(3)16-15-17-27(34)4/h5-6,10-12,15-19,29-30,32-33,35-36,45H,1-2,7-9,13-14,20-25H2,3-4H3,(H,42,46)/t29?,30-,32-,33+,35-,36-,40+/m1/s1. The van der Waals surface area contributed by atoms with E-state index in [1.807, 2.05) is 62.4 Å². The number of carbonyl (C=O) groups is 4. The van der Waals surface area contributed by atoms with Gasteiger partial charge in [-0.2, -0.15) is 0 Å². The van der Waals surface area contributed by atoms with Gasteiger partial charge in [0.1, 0.15) is 17.7 Å². The number of para-hydroxylation sites is 1. The quantitative estimate of drug-likeness (QED) is 0.0891. The molecule has 0 aliphatic carbocycles. The lowest BCUT2D eigenvalue weighted by Crippen LogP contribution is -2.57. The van der Waals surface area contributed by atoms with Gasteiger partial charge in [-0.05, 0) is 56.2 Å². The van der Waals surface area contributed by atoms with Gasteiger partial charge < -0.3 is 29.7 Å². The van der Waals surface area contributed by atoms with Crippen molar-refractivity contribution in [3.05, 3.63) is 90.5 Å². The van der Waals surface area contributed by atoms with Crippen LogP contribution in [0, 0.1) is 25.7 Å². The molecule has 0 radical (unpaired) electrons. The van der Waals surface area contributed by atoms with Crippen molar-refractivity contribution in [2.75, 3.05) is 31.1 Å². The number of amides is 3. The number of unbranched alkanes of at least 4 members (excludes halogenated alkanes) is 3. The number of carbonyl (C=O) groups excluding carboxylic acids is 4. The first-order valence-electron chi connectivity index (χ1n) is 17.9. The predicted molar refractivity (Wildman–Crippen MR) is 199 cm³/mol. The van der Waals surface area contributed by atoms with Gasteiger partial charge in [0.2, 0.25) is 11.8 Å². The van der Waals surface area contributed by atoms with Crippen LogP contribution in [-0.2, 0) is 28.7 Å². The molecule has 3 saturated heterocycles. The molecular formula is C40H50BrN3O7. The van der Waals surface area contributed by atoms with Crippen molar-refractivity contribution in [2.24, 2.45) is 11.8 Å². The third-order valence-electron chi connectivity index (χ3n) is 10.4. The summed E-state index contributed by atoms with van der Waals surface area (Å²) in [7, 11) is 0. The van der Waals surface area contributed by atoms with Crippen LogP contribution in [0.5, 0.6) is 0 Å². The molecule has 7 atom stereocenters. The normalized spacial score (nSPS) is 25.3. The van der Waals surface area contributed by atoms with Gasteiger partial charge in [-0.3, -0.25) is 19.2 Å². The van der Waals surface area contributed by atoms with Crippen LogP contribution in [0.1, 0.15) is 67.7 Å². The van der Waals surface area contributed by atoms with E-state index in [-0.39, 0.29) is 48.7 Å². The molecule has 0 saturated carbocycles. The highest BCUT2D eigenvalue weighted by atomic mass is 79.9. The number of nitrogens with one attached hydrogen (secondary N) is 1. The summed E-state index contributed by atoms with van der Waals surface area (Å²) < 4.78 is 13.0. The second-order valence-corrected chi connectivity index (χ2v) is 15.0. The number of hydrogen-bond acceptors (Lipinski definition) is 7. The number of nitrogens with zero attached hydrogens (tertiary/aromatic N) is 2. The summed E-state index contributed by atoms with van der Waals surface area (Å²) in [4.78, 5) is 59.6. The first kappa shape index (κ1) is 38.4. The SMILES string of the molecule is C=CCCC(=O)NC[C@@H](OC(=O)[C@H]1[C@@H]2O[C@@]3(CC2Br)[C@@H]1C(=O)N(CCCCCCO)[C@@H]3C(=O)N(CC=C)c1c(C)cccc1C)c1ccccc1. The first-order valence-corrected chi connectivity index (χ1v) is 18.9. The summed E-state index contributed by atoms with van der Waals surface area (Å²) >= 11 is 3.76. The Bertz CT molecular complexity index is 1580. The van der Waals surface area contributed by atoms with Gasteiger partial charge in [-0.25, -0.2) is 0 Å². The lowest BCUT2D eigenvalue weighted by Gasteiger charge is -2.38. The number of esters is 1. The maximum Gasteiger partial charge on any atom is 0.313 e. The molecule has 274 valence electrons. The van der Waals surface area contributed by atoms with E-state index in [9.17, 15) is 19.5 Å². The zero-order chi connectivity index (χ0) is 36.7. The molecule has 3 amide bonds. The minimum Gasteiger partial charge on any atom is -0.455 e. The fourth-order valence-corrected chi connectivity index (χ4v) is 9.05. The van der Waals surface area contributed by atoms with E-state index in [1.54, 1.807) is 22.0 Å². The smallest absolute Gasteiger partial charge is 0.313 e. The van der Waals surface area contributed by atoms with Gasteiger partial charge in [-0.1, -0.05) is 89.5 Å². The predicted octanol–water partition coefficient (Wildman–Crippen LogP) is 5.49. The van der Waals surface area contributed by atoms with Gasteiger partial charge in [0, 0.05) is 36.6 Å². The molecule has 3 fully saturated rings. The van der Waals surface area contributed by atoms with Crippen molar-refractivity contribution in [3.8, 4) is 0 Å². The molecule has 3 heterocycles. The Morgan fingerprint density at radius 1 is 1.08 bits per heavy atom. The maximum atomic E-state index is 15.0. The van der Waals surface area contributed by atoms with Crippen LogP contribution < -0.4 is 10.2 Å². The average Bonchev–Trinajstić information content (AvgIpc) is 3.71. The van der Waals surface area contributed by atoms with Crippen molar-refractivity contribution >= 4 is 45.3 Å². The van der Waals surface area contributed by atoms with Gasteiger partial charge >= 0.3 is 5.97 Å². The number of likely N-dealkylation sites (tertiary alicyclic amines) is 1. The third kappa shape index (κ3) is 7.85. The Kier molecular flexibility index (Phi) is 12.9. The molecule has 5 rings (SSSR count). The summed E-state index contributed by atoms with van der Waals surface area (Å²) in [6, 6.07) is 14.0. The van der Waals surface area contributed by atoms with Crippen molar-refractivity contribution in [1.29, 1.82) is 0 Å². The number of allylic oxidation sites excluding steroid dienone is 1. The van der Waals surface area contributed by atoms with E-state index in [1.165, 1.54) is 0 Å². The molecule has 2 N–H and O–H groups in total. The van der Waals surface area contributed by atoms with Gasteiger partial charge in [-0.15, -0.1) is 13.2 Å². The van der Waals surface area contributed by atoms with Crippen LogP contribution in [0.3, 0.4) is 0 Å². The highest BCUT2D eigenvalue weighted by Crippen LogP contribution is 2.60. The number of aryl methyl sites for hydroxylation is 2. The summed E-state index contributed by atoms with van der Waals surface area (Å²) in [6.45, 7) is 12.2. The van der Waals surface area contributed by atoms with Crippen LogP contribution in [0.4, 0.5) is 5.69 Å². The molecular weight excluding hydrogens is 714 g/mol. The summed E-state index contributed by atoms with van der Waals surface area (Å²) in [5.74, 6) is -3.28. The van der Waals surface area contributed by atoms with Crippen LogP contribution in [-0.4, -0.2) is 82.5 Å². The summed E-state index contributed by atoms with van der Waals surface area (Å²) in [6.07, 6.45) is 5.83. The minimum atomic E-state index is -1.26. The lowest BCUT2D eigenvalue weighted by atomic mass is 9.70. The van der Waals surface area contributed by atoms with E-state index in [0.717, 1.165) is 29.7 Å². The largest absolute Gasteiger partial charge is 0.455 e. The van der Waals surface area contributed by atoms with Crippen molar-refractivity contribution in [3.63, 3.8) is 0 Å². The highest BCUT2D eigenvalue weighted by Gasteiger charge is 2.77. The minimum absolute atomic E-state index is 0.0544. The van der Waals surface area contributed by atoms with Crippen LogP contribution in [0.2, 0.25) is 0 Å². The Morgan fingerprint density at radius 3 is 2.45 bits per heavy atom. The number of fused-ring (bicyclic) bond motifs is 1. The second kappa shape index (κ2) is 17.1. The first-order chi connectivity index (χ1) is 24.6. The fraction of sp³-hybridized carbons (Fsp3) is 0.500. The number of anilines is 1. The van der Waals surface area contributed by atoms with Crippen molar-refractivity contribution in [1.82, 2.24) is 10.2 Å². The van der Waals surface area contributed by atoms with E-state index >= 15 is 4.79 Å². The van der Waals surface area contributed by atoms with Gasteiger partial charge in [0.15, 0.2) is 0 Å². The third-order valence-corrected chi connectivity index (χ3v) is 11.2. The molecule has 3 aliphatic rings. The fourth-order valence-electron chi connectivity index (χ4n) is 8.11. The van der Waals surface area contributed by atoms with Crippen LogP contribution >= 0.6 is 15.9 Å². The number of aliphatic hydroxyl groups is 1. The topological polar surface area (TPSA) is 125 Å². The number of aliphatic hydroxyl groups excluding tert-OH is 1. The molecule has 11 heteroatoms. The number of benzene rings is 2. The lowest BCUT2D eigenvalue weighted by molar-refractivity contribution is -0.160. The van der Waals surface area contributed by atoms with Crippen LogP contribution in [0.15, 0.2) is 73.8 Å². The molecule has 3 aliphatic heterocycles. The molecule has 2 bridgehead atoms. The van der Waals surface area contributed by atoms with E-state index < -0.39 is 41.7 Å². The second-order valence-electron chi connectivity index (χ2n) is 13.8. The molecule has 0 aromatic heterocycles. The summed E-state index contributed by atoms with van der Waals surface area (Å²) in [5.41, 5.74) is 2.03. The molecule has 2 aromatic rings. The van der Waals surface area contributed by atoms with Gasteiger partial charge in [0.05, 0.1) is 24.5 Å². The number of alkyl halides is 1. The number of halogens is 1. The number of ether oxygens (including phenoxy) is 2. The Morgan fingerprint density at radius 2 is 1.78 bits per heavy atom. The number of rotatable bonds is 18. The van der Waals surface area contributed by atoms with Crippen molar-refractivity contribution < 1.29 is 33.8 Å². The molecule has 10 nitrogen and oxygen atoms in total. The highest BCUT2D eigenvalue weighted by molar-refractivity contribution is 9.09. The zero-order valence-corrected chi connectivity index (χ0v) is 31.2. The Hall–Kier alpha value is -3.80. The van der Waals surface area contributed by atoms with E-state index in [2.05, 4.69) is 34.4 Å². The Balaban J connectivity index is 1.49. The Labute approximate surface area is 309 Å². The van der Waals surface area contributed by atoms with Crippen LogP contribution in [0.25, 0.3) is 0 Å². The number of hydrogen-bond donors (Lipinski definition) is 2.